The first-order valence-electron chi connectivity index (χ1n) is 8.80. The number of nitrogens with one attached hydrogen (secondary N) is 2. The van der Waals surface area contributed by atoms with Crippen molar-refractivity contribution in [1.82, 2.24) is 15.8 Å². The number of hydrogen-bond acceptors (Lipinski definition) is 6. The van der Waals surface area contributed by atoms with E-state index in [1.807, 2.05) is 36.4 Å². The van der Waals surface area contributed by atoms with Crippen molar-refractivity contribution in [3.8, 4) is 5.75 Å². The Bertz CT molecular complexity index is 1050. The third-order valence-electron chi connectivity index (χ3n) is 3.98. The van der Waals surface area contributed by atoms with Crippen molar-refractivity contribution in [2.75, 3.05) is 6.54 Å². The van der Waals surface area contributed by atoms with E-state index in [1.54, 1.807) is 24.3 Å². The highest BCUT2D eigenvalue weighted by atomic mass is 32.2. The summed E-state index contributed by atoms with van der Waals surface area (Å²) in [5, 5.41) is 9.66. The normalized spacial score (nSPS) is 15.1. The lowest BCUT2D eigenvalue weighted by Gasteiger charge is -2.14. The summed E-state index contributed by atoms with van der Waals surface area (Å²) in [5.41, 5.74) is 5.40. The zero-order chi connectivity index (χ0) is 21.5. The number of carbonyl (C=O) groups excluding carboxylic acids is 3. The molecule has 9 heteroatoms. The van der Waals surface area contributed by atoms with Crippen molar-refractivity contribution in [3.05, 3.63) is 82.8 Å². The van der Waals surface area contributed by atoms with Crippen LogP contribution in [0, 0.1) is 0 Å². The topological polar surface area (TPSA) is 98.7 Å². The van der Waals surface area contributed by atoms with Gasteiger partial charge in [0.15, 0.2) is 0 Å². The van der Waals surface area contributed by atoms with Crippen molar-refractivity contribution < 1.29 is 19.5 Å². The van der Waals surface area contributed by atoms with Crippen LogP contribution >= 0.6 is 24.0 Å². The van der Waals surface area contributed by atoms with Gasteiger partial charge in [-0.25, -0.2) is 0 Å². The van der Waals surface area contributed by atoms with Gasteiger partial charge < -0.3 is 5.11 Å². The van der Waals surface area contributed by atoms with E-state index >= 15 is 0 Å². The molecule has 2 aromatic rings. The first-order chi connectivity index (χ1) is 14.5. The molecule has 30 heavy (non-hydrogen) atoms. The number of hydrogen-bond donors (Lipinski definition) is 3. The number of aromatic hydroxyl groups is 1. The Morgan fingerprint density at radius 1 is 1.07 bits per heavy atom. The fourth-order valence-electron chi connectivity index (χ4n) is 2.50. The molecule has 1 fully saturated rings. The van der Waals surface area contributed by atoms with Crippen LogP contribution in [0.3, 0.4) is 0 Å². The number of thiocarbonyl (C=S) groups is 1. The largest absolute Gasteiger partial charge is 0.507 e. The number of benzene rings is 2. The summed E-state index contributed by atoms with van der Waals surface area (Å²) in [6.07, 6.45) is 5.24. The molecule has 0 saturated carbocycles. The number of rotatable bonds is 5. The lowest BCUT2D eigenvalue weighted by molar-refractivity contribution is -0.129. The average Bonchev–Trinajstić information content (AvgIpc) is 3.00. The first-order valence-corrected chi connectivity index (χ1v) is 10.0. The second-order valence-electron chi connectivity index (χ2n) is 6.08. The SMILES string of the molecule is O=C(CN1C(=O)/C(=C/C=C/c2ccccc2)SC1=S)NNC(=O)c1ccccc1O. The maximum Gasteiger partial charge on any atom is 0.273 e. The van der Waals surface area contributed by atoms with Crippen LogP contribution < -0.4 is 10.9 Å². The predicted octanol–water partition coefficient (Wildman–Crippen LogP) is 2.61. The molecule has 152 valence electrons. The molecule has 0 radical (unpaired) electrons. The number of carbonyl (C=O) groups is 3. The average molecular weight is 440 g/mol. The van der Waals surface area contributed by atoms with Crippen LogP contribution in [0.25, 0.3) is 6.08 Å². The van der Waals surface area contributed by atoms with E-state index in [0.29, 0.717) is 4.91 Å². The Morgan fingerprint density at radius 2 is 1.77 bits per heavy atom. The molecule has 1 heterocycles. The van der Waals surface area contributed by atoms with Gasteiger partial charge in [0.2, 0.25) is 0 Å². The van der Waals surface area contributed by atoms with Crippen molar-refractivity contribution in [3.63, 3.8) is 0 Å². The summed E-state index contributed by atoms with van der Waals surface area (Å²) < 4.78 is 0.251. The Kier molecular flexibility index (Phi) is 6.99. The third-order valence-corrected chi connectivity index (χ3v) is 5.37. The molecule has 0 aliphatic carbocycles. The summed E-state index contributed by atoms with van der Waals surface area (Å²) in [5.74, 6) is -1.91. The van der Waals surface area contributed by atoms with Gasteiger partial charge in [-0.3, -0.25) is 30.1 Å². The quantitative estimate of drug-likeness (QED) is 0.376. The van der Waals surface area contributed by atoms with Gasteiger partial charge in [0.25, 0.3) is 17.7 Å². The lowest BCUT2D eigenvalue weighted by Crippen LogP contribution is -2.47. The molecule has 0 spiro atoms. The maximum absolute atomic E-state index is 12.5. The highest BCUT2D eigenvalue weighted by Crippen LogP contribution is 2.30. The molecule has 1 aliphatic rings. The fraction of sp³-hybridized carbons (Fsp3) is 0.0476. The lowest BCUT2D eigenvalue weighted by atomic mass is 10.2. The van der Waals surface area contributed by atoms with Crippen molar-refractivity contribution in [2.45, 2.75) is 0 Å². The minimum atomic E-state index is -0.683. The number of para-hydroxylation sites is 1. The van der Waals surface area contributed by atoms with Crippen LogP contribution in [0.15, 0.2) is 71.7 Å². The van der Waals surface area contributed by atoms with E-state index in [-0.39, 0.29) is 28.1 Å². The van der Waals surface area contributed by atoms with Crippen LogP contribution in [-0.4, -0.2) is 38.6 Å². The second kappa shape index (κ2) is 9.86. The minimum absolute atomic E-state index is 0.0107. The predicted molar refractivity (Wildman–Crippen MR) is 119 cm³/mol. The van der Waals surface area contributed by atoms with Gasteiger partial charge in [-0.15, -0.1) is 0 Å². The third kappa shape index (κ3) is 5.34. The summed E-state index contributed by atoms with van der Waals surface area (Å²) >= 11 is 6.29. The molecule has 1 aliphatic heterocycles. The first kappa shape index (κ1) is 21.3. The molecular weight excluding hydrogens is 422 g/mol. The second-order valence-corrected chi connectivity index (χ2v) is 7.76. The summed E-state index contributed by atoms with van der Waals surface area (Å²) in [7, 11) is 0. The molecule has 0 bridgehead atoms. The number of phenols is 1. The fourth-order valence-corrected chi connectivity index (χ4v) is 3.71. The Balaban J connectivity index is 1.55. The zero-order valence-corrected chi connectivity index (χ0v) is 17.2. The minimum Gasteiger partial charge on any atom is -0.507 e. The van der Waals surface area contributed by atoms with E-state index in [2.05, 4.69) is 10.9 Å². The Labute approximate surface area is 182 Å². The molecule has 1 saturated heterocycles. The van der Waals surface area contributed by atoms with Crippen LogP contribution in [0.2, 0.25) is 0 Å². The molecule has 2 aromatic carbocycles. The molecule has 0 atom stereocenters. The Morgan fingerprint density at radius 3 is 2.50 bits per heavy atom. The van der Waals surface area contributed by atoms with Crippen molar-refractivity contribution in [2.24, 2.45) is 0 Å². The van der Waals surface area contributed by atoms with Gasteiger partial charge in [-0.1, -0.05) is 78.6 Å². The number of hydrazine groups is 1. The van der Waals surface area contributed by atoms with Gasteiger partial charge >= 0.3 is 0 Å². The van der Waals surface area contributed by atoms with Gasteiger partial charge in [-0.2, -0.15) is 0 Å². The number of amides is 3. The molecular formula is C21H17N3O4S2. The zero-order valence-electron chi connectivity index (χ0n) is 15.6. The van der Waals surface area contributed by atoms with E-state index in [4.69, 9.17) is 12.2 Å². The van der Waals surface area contributed by atoms with E-state index in [9.17, 15) is 19.5 Å². The van der Waals surface area contributed by atoms with E-state index in [1.165, 1.54) is 12.1 Å². The van der Waals surface area contributed by atoms with Gasteiger partial charge in [0.1, 0.15) is 16.6 Å². The van der Waals surface area contributed by atoms with Gasteiger partial charge in [0.05, 0.1) is 10.5 Å². The highest BCUT2D eigenvalue weighted by molar-refractivity contribution is 8.26. The number of nitrogens with zero attached hydrogens (tertiary/aromatic N) is 1. The summed E-state index contributed by atoms with van der Waals surface area (Å²) in [4.78, 5) is 38.2. The smallest absolute Gasteiger partial charge is 0.273 e. The van der Waals surface area contributed by atoms with Gasteiger partial charge in [0, 0.05) is 0 Å². The van der Waals surface area contributed by atoms with Crippen LogP contribution in [-0.2, 0) is 9.59 Å². The number of allylic oxidation sites excluding steroid dienone is 2. The monoisotopic (exact) mass is 439 g/mol. The number of thioether (sulfide) groups is 1. The maximum atomic E-state index is 12.5. The molecule has 7 nitrogen and oxygen atoms in total. The van der Waals surface area contributed by atoms with Crippen LogP contribution in [0.4, 0.5) is 0 Å². The molecule has 3 rings (SSSR count). The van der Waals surface area contributed by atoms with E-state index < -0.39 is 11.8 Å². The summed E-state index contributed by atoms with van der Waals surface area (Å²) in [6, 6.07) is 15.5. The van der Waals surface area contributed by atoms with Crippen molar-refractivity contribution in [1.29, 1.82) is 0 Å². The standard InChI is InChI=1S/C21H17N3O4S2/c25-16-11-5-4-10-15(16)19(27)23-22-18(26)13-24-20(28)17(30-21(24)29)12-6-9-14-7-2-1-3-8-14/h1-12,25H,13H2,(H,22,26)(H,23,27)/b9-6+,17-12-. The number of phenolic OH excluding ortho intramolecular Hbond substituents is 1. The highest BCUT2D eigenvalue weighted by Gasteiger charge is 2.33. The van der Waals surface area contributed by atoms with Crippen LogP contribution in [0.1, 0.15) is 15.9 Å². The summed E-state index contributed by atoms with van der Waals surface area (Å²) in [6.45, 7) is -0.342. The molecule has 3 N–H and O–H groups in total. The van der Waals surface area contributed by atoms with Gasteiger partial charge in [-0.05, 0) is 23.8 Å². The molecule has 0 unspecified atom stereocenters. The molecule has 3 amide bonds. The van der Waals surface area contributed by atoms with Crippen LogP contribution in [0.5, 0.6) is 5.75 Å². The van der Waals surface area contributed by atoms with Crippen molar-refractivity contribution >= 4 is 52.1 Å². The Hall–Kier alpha value is -3.43. The molecule has 0 aromatic heterocycles. The van der Waals surface area contributed by atoms with E-state index in [0.717, 1.165) is 22.2 Å².